The molecule has 1 saturated heterocycles. The number of piperidine rings is 1. The molecule has 5 nitrogen and oxygen atoms in total. The fourth-order valence-corrected chi connectivity index (χ4v) is 5.43. The van der Waals surface area contributed by atoms with Gasteiger partial charge in [-0.3, -0.25) is 4.90 Å². The number of nitrogens with one attached hydrogen (secondary N) is 1. The Hall–Kier alpha value is -2.02. The second-order valence-electron chi connectivity index (χ2n) is 8.30. The van der Waals surface area contributed by atoms with Gasteiger partial charge < -0.3 is 10.4 Å². The van der Waals surface area contributed by atoms with Crippen LogP contribution in [0.2, 0.25) is 0 Å². The van der Waals surface area contributed by atoms with E-state index in [1.54, 1.807) is 11.3 Å². The van der Waals surface area contributed by atoms with Crippen LogP contribution in [0.25, 0.3) is 22.3 Å². The fourth-order valence-electron chi connectivity index (χ4n) is 4.79. The van der Waals surface area contributed by atoms with E-state index in [1.807, 2.05) is 12.1 Å². The summed E-state index contributed by atoms with van der Waals surface area (Å²) < 4.78 is 0. The monoisotopic (exact) mass is 408 g/mol. The summed E-state index contributed by atoms with van der Waals surface area (Å²) in [7, 11) is 0. The Morgan fingerprint density at radius 2 is 1.83 bits per heavy atom. The lowest BCUT2D eigenvalue weighted by molar-refractivity contribution is 0.00993. The van der Waals surface area contributed by atoms with Crippen molar-refractivity contribution < 1.29 is 5.11 Å². The predicted octanol–water partition coefficient (Wildman–Crippen LogP) is 4.54. The summed E-state index contributed by atoms with van der Waals surface area (Å²) in [5.41, 5.74) is 2.05. The molecule has 5 rings (SSSR count). The number of aromatic nitrogens is 2. The molecule has 2 aromatic heterocycles. The number of para-hydroxylation sites is 1. The van der Waals surface area contributed by atoms with Crippen molar-refractivity contribution in [3.8, 4) is 11.4 Å². The van der Waals surface area contributed by atoms with Crippen LogP contribution in [0.1, 0.15) is 38.5 Å². The summed E-state index contributed by atoms with van der Waals surface area (Å²) in [5.74, 6) is 1.73. The van der Waals surface area contributed by atoms with E-state index in [2.05, 4.69) is 39.2 Å². The van der Waals surface area contributed by atoms with Gasteiger partial charge in [0.15, 0.2) is 5.82 Å². The van der Waals surface area contributed by atoms with E-state index in [9.17, 15) is 5.11 Å². The van der Waals surface area contributed by atoms with E-state index in [-0.39, 0.29) is 6.10 Å². The molecule has 29 heavy (non-hydrogen) atoms. The van der Waals surface area contributed by atoms with Crippen molar-refractivity contribution in [2.45, 2.75) is 56.7 Å². The highest BCUT2D eigenvalue weighted by molar-refractivity contribution is 7.08. The van der Waals surface area contributed by atoms with Crippen molar-refractivity contribution in [2.24, 2.45) is 0 Å². The molecule has 2 fully saturated rings. The second kappa shape index (κ2) is 8.38. The summed E-state index contributed by atoms with van der Waals surface area (Å²) in [6.45, 7) is 2.08. The van der Waals surface area contributed by atoms with E-state index >= 15 is 0 Å². The van der Waals surface area contributed by atoms with Gasteiger partial charge in [-0.2, -0.15) is 11.3 Å². The first kappa shape index (κ1) is 19.0. The van der Waals surface area contributed by atoms with Crippen LogP contribution < -0.4 is 5.32 Å². The summed E-state index contributed by atoms with van der Waals surface area (Å²) >= 11 is 1.67. The largest absolute Gasteiger partial charge is 0.391 e. The van der Waals surface area contributed by atoms with Crippen molar-refractivity contribution in [2.75, 3.05) is 18.4 Å². The average molecular weight is 409 g/mol. The molecule has 3 heterocycles. The van der Waals surface area contributed by atoms with Crippen molar-refractivity contribution in [3.63, 3.8) is 0 Å². The fraction of sp³-hybridized carbons (Fsp3) is 0.478. The van der Waals surface area contributed by atoms with E-state index < -0.39 is 0 Å². The number of likely N-dealkylation sites (tertiary alicyclic amines) is 1. The normalized spacial score (nSPS) is 24.0. The second-order valence-corrected chi connectivity index (χ2v) is 9.08. The lowest BCUT2D eigenvalue weighted by atomic mass is 9.89. The number of aliphatic hydroxyl groups is 1. The molecule has 6 heteroatoms. The quantitative estimate of drug-likeness (QED) is 0.664. The third-order valence-corrected chi connectivity index (χ3v) is 7.10. The average Bonchev–Trinajstić information content (AvgIpc) is 3.30. The van der Waals surface area contributed by atoms with E-state index in [0.717, 1.165) is 66.9 Å². The molecule has 0 bridgehead atoms. The van der Waals surface area contributed by atoms with Gasteiger partial charge in [-0.1, -0.05) is 25.0 Å². The van der Waals surface area contributed by atoms with Crippen LogP contribution in [0, 0.1) is 0 Å². The Bertz CT molecular complexity index is 953. The number of anilines is 1. The van der Waals surface area contributed by atoms with Crippen molar-refractivity contribution >= 4 is 28.1 Å². The van der Waals surface area contributed by atoms with Gasteiger partial charge in [-0.15, -0.1) is 0 Å². The summed E-state index contributed by atoms with van der Waals surface area (Å²) in [6, 6.07) is 11.1. The Morgan fingerprint density at radius 1 is 1.00 bits per heavy atom. The molecular formula is C23H28N4OS. The van der Waals surface area contributed by atoms with Crippen LogP contribution in [0.4, 0.5) is 5.82 Å². The van der Waals surface area contributed by atoms with Crippen LogP contribution in [0.15, 0.2) is 41.1 Å². The zero-order valence-corrected chi connectivity index (χ0v) is 17.4. The minimum atomic E-state index is -0.146. The Labute approximate surface area is 175 Å². The number of thiophene rings is 1. The molecule has 1 aromatic carbocycles. The molecule has 2 unspecified atom stereocenters. The molecule has 2 aliphatic rings. The van der Waals surface area contributed by atoms with E-state index in [0.29, 0.717) is 12.1 Å². The maximum atomic E-state index is 10.4. The van der Waals surface area contributed by atoms with Crippen LogP contribution in [-0.4, -0.2) is 51.3 Å². The molecule has 1 aliphatic heterocycles. The lowest BCUT2D eigenvalue weighted by Crippen LogP contribution is -2.50. The molecular weight excluding hydrogens is 380 g/mol. The first-order valence-electron chi connectivity index (χ1n) is 10.8. The first-order valence-corrected chi connectivity index (χ1v) is 11.7. The van der Waals surface area contributed by atoms with Gasteiger partial charge in [0.05, 0.1) is 11.6 Å². The van der Waals surface area contributed by atoms with E-state index in [1.165, 1.54) is 12.8 Å². The predicted molar refractivity (Wildman–Crippen MR) is 119 cm³/mol. The van der Waals surface area contributed by atoms with Gasteiger partial charge in [-0.05, 0) is 49.3 Å². The molecule has 0 spiro atoms. The number of hydrogen-bond acceptors (Lipinski definition) is 6. The maximum absolute atomic E-state index is 10.4. The van der Waals surface area contributed by atoms with Gasteiger partial charge in [0.1, 0.15) is 5.82 Å². The van der Waals surface area contributed by atoms with Gasteiger partial charge >= 0.3 is 0 Å². The molecule has 152 valence electrons. The van der Waals surface area contributed by atoms with Crippen LogP contribution >= 0.6 is 11.3 Å². The Morgan fingerprint density at radius 3 is 2.62 bits per heavy atom. The molecule has 1 saturated carbocycles. The first-order chi connectivity index (χ1) is 14.3. The Kier molecular flexibility index (Phi) is 5.48. The molecule has 0 amide bonds. The summed E-state index contributed by atoms with van der Waals surface area (Å²) in [4.78, 5) is 12.2. The van der Waals surface area contributed by atoms with Gasteiger partial charge in [0, 0.05) is 41.5 Å². The Balaban J connectivity index is 1.33. The molecule has 2 atom stereocenters. The molecule has 2 N–H and O–H groups in total. The van der Waals surface area contributed by atoms with Gasteiger partial charge in [0.25, 0.3) is 0 Å². The third-order valence-electron chi connectivity index (χ3n) is 6.42. The van der Waals surface area contributed by atoms with Crippen LogP contribution in [0.5, 0.6) is 0 Å². The van der Waals surface area contributed by atoms with Crippen molar-refractivity contribution in [1.82, 2.24) is 14.9 Å². The number of fused-ring (bicyclic) bond motifs is 1. The number of aliphatic hydroxyl groups excluding tert-OH is 1. The molecule has 1 aliphatic carbocycles. The van der Waals surface area contributed by atoms with Gasteiger partial charge in [0.2, 0.25) is 0 Å². The number of rotatable bonds is 4. The summed E-state index contributed by atoms with van der Waals surface area (Å²) in [5, 5.41) is 19.4. The maximum Gasteiger partial charge on any atom is 0.162 e. The zero-order valence-electron chi connectivity index (χ0n) is 16.6. The molecule has 0 radical (unpaired) electrons. The van der Waals surface area contributed by atoms with Crippen molar-refractivity contribution in [3.05, 3.63) is 41.1 Å². The zero-order chi connectivity index (χ0) is 19.6. The van der Waals surface area contributed by atoms with Gasteiger partial charge in [-0.25, -0.2) is 9.97 Å². The smallest absolute Gasteiger partial charge is 0.162 e. The molecule has 3 aromatic rings. The standard InChI is InChI=1S/C23H28N4OS/c28-21-8-4-3-7-20(21)27-12-9-17(10-13-27)24-23-18-5-1-2-6-19(18)25-22(26-23)16-11-14-29-15-16/h1-2,5-6,11,14-15,17,20-21,28H,3-4,7-10,12-13H2,(H,24,25,26). The van der Waals surface area contributed by atoms with E-state index in [4.69, 9.17) is 9.97 Å². The topological polar surface area (TPSA) is 61.3 Å². The summed E-state index contributed by atoms with van der Waals surface area (Å²) in [6.07, 6.45) is 6.53. The highest BCUT2D eigenvalue weighted by Crippen LogP contribution is 2.29. The van der Waals surface area contributed by atoms with Crippen LogP contribution in [0.3, 0.4) is 0 Å². The highest BCUT2D eigenvalue weighted by atomic mass is 32.1. The number of hydrogen-bond donors (Lipinski definition) is 2. The minimum absolute atomic E-state index is 0.146. The SMILES string of the molecule is OC1CCCCC1N1CCC(Nc2nc(-c3ccsc3)nc3ccccc23)CC1. The highest BCUT2D eigenvalue weighted by Gasteiger charge is 2.31. The van der Waals surface area contributed by atoms with Crippen LogP contribution in [-0.2, 0) is 0 Å². The number of nitrogens with zero attached hydrogens (tertiary/aromatic N) is 3. The third kappa shape index (κ3) is 4.02. The number of benzene rings is 1. The minimum Gasteiger partial charge on any atom is -0.391 e. The lowest BCUT2D eigenvalue weighted by Gasteiger charge is -2.41. The van der Waals surface area contributed by atoms with Crippen molar-refractivity contribution in [1.29, 1.82) is 0 Å².